The van der Waals surface area contributed by atoms with Gasteiger partial charge in [0.1, 0.15) is 0 Å². The summed E-state index contributed by atoms with van der Waals surface area (Å²) in [5.41, 5.74) is -0.368. The van der Waals surface area contributed by atoms with Gasteiger partial charge in [-0.3, -0.25) is 0 Å². The molecule has 0 aromatic heterocycles. The maximum absolute atomic E-state index is 13.0. The van der Waals surface area contributed by atoms with Crippen LogP contribution in [-0.2, 0) is 3.83 Å². The molecule has 0 radical (unpaired) electrons. The van der Waals surface area contributed by atoms with Crippen LogP contribution in [0.25, 0.3) is 0 Å². The summed E-state index contributed by atoms with van der Waals surface area (Å²) in [7, 11) is 0. The van der Waals surface area contributed by atoms with Gasteiger partial charge in [-0.25, -0.2) is 0 Å². The van der Waals surface area contributed by atoms with Crippen molar-refractivity contribution in [3.05, 3.63) is 38.8 Å². The standard InChI is InChI=1S/C6H2FN3O3Se/c7-3-1-2-4(10(11)12)6-5(3)8-14(13)9-6/h1-2H. The van der Waals surface area contributed by atoms with E-state index in [0.29, 0.717) is 0 Å². The van der Waals surface area contributed by atoms with Crippen molar-refractivity contribution < 1.29 is 13.1 Å². The Morgan fingerprint density at radius 1 is 1.36 bits per heavy atom. The van der Waals surface area contributed by atoms with E-state index in [1.54, 1.807) is 0 Å². The fourth-order valence-electron chi connectivity index (χ4n) is 1.05. The van der Waals surface area contributed by atoms with Gasteiger partial charge in [0, 0.05) is 0 Å². The van der Waals surface area contributed by atoms with Gasteiger partial charge in [-0.05, 0) is 0 Å². The Labute approximate surface area is 80.5 Å². The number of halogens is 1. The van der Waals surface area contributed by atoms with Gasteiger partial charge in [0.2, 0.25) is 0 Å². The third-order valence-corrected chi connectivity index (χ3v) is 3.04. The number of hydrogen-bond acceptors (Lipinski definition) is 3. The minimum absolute atomic E-state index is 0.213. The zero-order valence-electron chi connectivity index (χ0n) is 6.51. The third-order valence-electron chi connectivity index (χ3n) is 1.62. The van der Waals surface area contributed by atoms with Crippen LogP contribution in [0.1, 0.15) is 0 Å². The molecule has 1 aliphatic rings. The molecule has 14 heavy (non-hydrogen) atoms. The first-order valence-corrected chi connectivity index (χ1v) is 5.65. The molecule has 0 spiro atoms. The van der Waals surface area contributed by atoms with Crippen molar-refractivity contribution >= 4 is 20.0 Å². The molecular formula is C6H2FN3O3Se. The van der Waals surface area contributed by atoms with Crippen LogP contribution < -0.4 is 10.7 Å². The van der Waals surface area contributed by atoms with Gasteiger partial charge in [0.25, 0.3) is 0 Å². The van der Waals surface area contributed by atoms with Crippen molar-refractivity contribution in [2.75, 3.05) is 0 Å². The van der Waals surface area contributed by atoms with E-state index in [2.05, 4.69) is 8.02 Å². The number of hydrogen-bond donors (Lipinski definition) is 0. The molecule has 72 valence electrons. The molecule has 0 amide bonds. The molecule has 2 rings (SSSR count). The van der Waals surface area contributed by atoms with Crippen molar-refractivity contribution in [1.29, 1.82) is 0 Å². The van der Waals surface area contributed by atoms with E-state index < -0.39 is 25.0 Å². The molecule has 0 fully saturated rings. The molecule has 1 atom stereocenters. The summed E-state index contributed by atoms with van der Waals surface area (Å²) in [4.78, 5) is 9.77. The summed E-state index contributed by atoms with van der Waals surface area (Å²) >= 11 is -2.85. The molecule has 0 aliphatic carbocycles. The van der Waals surface area contributed by atoms with E-state index in [1.165, 1.54) is 0 Å². The van der Waals surface area contributed by atoms with Gasteiger partial charge < -0.3 is 0 Å². The molecule has 1 heterocycles. The fourth-order valence-corrected chi connectivity index (χ4v) is 2.53. The van der Waals surface area contributed by atoms with Crippen LogP contribution in [0.5, 0.6) is 0 Å². The Morgan fingerprint density at radius 3 is 2.64 bits per heavy atom. The van der Waals surface area contributed by atoms with Crippen LogP contribution in [-0.4, -0.2) is 19.2 Å². The molecule has 1 aromatic rings. The molecular weight excluding hydrogens is 260 g/mol. The van der Waals surface area contributed by atoms with E-state index in [9.17, 15) is 18.3 Å². The number of rotatable bonds is 1. The van der Waals surface area contributed by atoms with Crippen molar-refractivity contribution in [2.45, 2.75) is 0 Å². The van der Waals surface area contributed by atoms with Crippen molar-refractivity contribution in [1.82, 2.24) is 0 Å². The predicted molar refractivity (Wildman–Crippen MR) is 41.8 cm³/mol. The Kier molecular flexibility index (Phi) is 1.94. The second-order valence-electron chi connectivity index (χ2n) is 2.43. The molecule has 0 N–H and O–H groups in total. The van der Waals surface area contributed by atoms with Gasteiger partial charge in [-0.2, -0.15) is 0 Å². The van der Waals surface area contributed by atoms with Crippen molar-refractivity contribution in [2.24, 2.45) is 8.02 Å². The van der Waals surface area contributed by atoms with Gasteiger partial charge in [-0.15, -0.1) is 0 Å². The number of nitro groups is 1. The van der Waals surface area contributed by atoms with Crippen LogP contribution in [0.3, 0.4) is 0 Å². The average molecular weight is 262 g/mol. The van der Waals surface area contributed by atoms with Crippen LogP contribution in [0.15, 0.2) is 20.2 Å². The quantitative estimate of drug-likeness (QED) is 0.385. The van der Waals surface area contributed by atoms with Gasteiger partial charge in [0.05, 0.1) is 0 Å². The topological polar surface area (TPSA) is 84.9 Å². The molecule has 6 nitrogen and oxygen atoms in total. The van der Waals surface area contributed by atoms with Crippen LogP contribution in [0.4, 0.5) is 10.1 Å². The average Bonchev–Trinajstić information content (AvgIpc) is 2.47. The summed E-state index contributed by atoms with van der Waals surface area (Å²) in [6.45, 7) is 0. The van der Waals surface area contributed by atoms with E-state index in [4.69, 9.17) is 0 Å². The van der Waals surface area contributed by atoms with E-state index in [-0.39, 0.29) is 16.4 Å². The molecule has 0 saturated carbocycles. The monoisotopic (exact) mass is 263 g/mol. The van der Waals surface area contributed by atoms with Gasteiger partial charge in [0.15, 0.2) is 0 Å². The molecule has 1 aliphatic heterocycles. The summed E-state index contributed by atoms with van der Waals surface area (Å²) in [6.07, 6.45) is 0. The molecule has 8 heteroatoms. The summed E-state index contributed by atoms with van der Waals surface area (Å²) in [6, 6.07) is 1.90. The second-order valence-corrected chi connectivity index (χ2v) is 4.17. The van der Waals surface area contributed by atoms with Crippen molar-refractivity contribution in [3.8, 4) is 0 Å². The normalized spacial score (nSPS) is 18.2. The van der Waals surface area contributed by atoms with Crippen LogP contribution in [0.2, 0.25) is 0 Å². The first-order chi connectivity index (χ1) is 6.59. The number of fused-ring (bicyclic) bond motifs is 1. The summed E-state index contributed by atoms with van der Waals surface area (Å²) < 4.78 is 30.8. The molecule has 0 saturated heterocycles. The van der Waals surface area contributed by atoms with Crippen molar-refractivity contribution in [3.63, 3.8) is 0 Å². The SMILES string of the molecule is O=[N+]([O-])c1ccc(F)c2c1=N[Se](=O)N=2. The maximum atomic E-state index is 13.0. The van der Waals surface area contributed by atoms with Crippen LogP contribution in [0, 0.1) is 15.9 Å². The third kappa shape index (κ3) is 1.24. The number of nitrogens with zero attached hydrogens (tertiary/aromatic N) is 3. The van der Waals surface area contributed by atoms with Crippen LogP contribution >= 0.6 is 0 Å². The molecule has 1 aromatic carbocycles. The summed E-state index contributed by atoms with van der Waals surface area (Å²) in [5.74, 6) is -0.739. The zero-order chi connectivity index (χ0) is 10.3. The second kappa shape index (κ2) is 3.00. The minimum atomic E-state index is -2.85. The summed E-state index contributed by atoms with van der Waals surface area (Å²) in [5, 5.41) is 9.99. The number of non-ortho nitro benzene ring substituents is 1. The predicted octanol–water partition coefficient (Wildman–Crippen LogP) is -0.598. The van der Waals surface area contributed by atoms with E-state index in [1.807, 2.05) is 0 Å². The van der Waals surface area contributed by atoms with E-state index in [0.717, 1.165) is 12.1 Å². The fraction of sp³-hybridized carbons (Fsp3) is 0. The number of benzene rings is 1. The Hall–Kier alpha value is -1.53. The molecule has 1 unspecified atom stereocenters. The van der Waals surface area contributed by atoms with Gasteiger partial charge >= 0.3 is 79.9 Å². The molecule has 0 bridgehead atoms. The van der Waals surface area contributed by atoms with E-state index >= 15 is 0 Å². The first-order valence-electron chi connectivity index (χ1n) is 3.42. The van der Waals surface area contributed by atoms with Gasteiger partial charge in [-0.1, -0.05) is 0 Å². The zero-order valence-corrected chi connectivity index (χ0v) is 8.22. The number of nitro benzene ring substituents is 1. The first kappa shape index (κ1) is 9.04. The Bertz CT molecular complexity index is 570. The Morgan fingerprint density at radius 2 is 2.00 bits per heavy atom. The Balaban J connectivity index is 2.93.